The van der Waals surface area contributed by atoms with E-state index in [2.05, 4.69) is 21.3 Å². The van der Waals surface area contributed by atoms with E-state index in [4.69, 9.17) is 4.98 Å². The molecule has 0 saturated carbocycles. The zero-order chi connectivity index (χ0) is 17.8. The zero-order valence-electron chi connectivity index (χ0n) is 15.1. The van der Waals surface area contributed by atoms with E-state index < -0.39 is 0 Å². The third-order valence-corrected chi connectivity index (χ3v) is 5.89. The highest BCUT2D eigenvalue weighted by atomic mass is 35.5. The van der Waals surface area contributed by atoms with Crippen LogP contribution in [-0.4, -0.2) is 34.0 Å². The summed E-state index contributed by atoms with van der Waals surface area (Å²) in [6.07, 6.45) is 5.35. The Kier molecular flexibility index (Phi) is 7.13. The maximum Gasteiger partial charge on any atom is 0.124 e. The van der Waals surface area contributed by atoms with Gasteiger partial charge < -0.3 is 5.32 Å². The number of pyridine rings is 1. The van der Waals surface area contributed by atoms with Crippen molar-refractivity contribution in [3.8, 4) is 0 Å². The molecule has 7 heteroatoms. The first kappa shape index (κ1) is 20.1. The maximum absolute atomic E-state index is 13.5. The molecule has 0 bridgehead atoms. The minimum Gasteiger partial charge on any atom is -0.317 e. The summed E-state index contributed by atoms with van der Waals surface area (Å²) in [7, 11) is 0. The van der Waals surface area contributed by atoms with Crippen LogP contribution in [0.4, 0.5) is 4.39 Å². The highest BCUT2D eigenvalue weighted by molar-refractivity contribution is 7.18. The average Bonchev–Trinajstić information content (AvgIpc) is 2.86. The second kappa shape index (κ2) is 9.55. The molecule has 1 aliphatic heterocycles. The van der Waals surface area contributed by atoms with Gasteiger partial charge in [0, 0.05) is 18.8 Å². The number of hydrogen-bond acceptors (Lipinski definition) is 5. The van der Waals surface area contributed by atoms with Gasteiger partial charge in [-0.2, -0.15) is 0 Å². The van der Waals surface area contributed by atoms with Gasteiger partial charge >= 0.3 is 0 Å². The molecule has 1 aromatic carbocycles. The van der Waals surface area contributed by atoms with Crippen molar-refractivity contribution in [2.75, 3.05) is 13.1 Å². The predicted molar refractivity (Wildman–Crippen MR) is 111 cm³/mol. The quantitative estimate of drug-likeness (QED) is 0.682. The topological polar surface area (TPSA) is 41.1 Å². The summed E-state index contributed by atoms with van der Waals surface area (Å²) >= 11 is 1.59. The molecule has 144 valence electrons. The van der Waals surface area contributed by atoms with Gasteiger partial charge in [0.05, 0.1) is 22.5 Å². The van der Waals surface area contributed by atoms with Crippen LogP contribution in [0.2, 0.25) is 0 Å². The van der Waals surface area contributed by atoms with Crippen LogP contribution < -0.4 is 5.32 Å². The summed E-state index contributed by atoms with van der Waals surface area (Å²) in [6.45, 7) is 3.74. The number of fused-ring (bicyclic) bond motifs is 1. The van der Waals surface area contributed by atoms with E-state index in [1.165, 1.54) is 18.9 Å². The zero-order valence-corrected chi connectivity index (χ0v) is 16.7. The third-order valence-electron chi connectivity index (χ3n) is 4.89. The van der Waals surface area contributed by atoms with E-state index in [9.17, 15) is 4.39 Å². The molecule has 4 nitrogen and oxygen atoms in total. The van der Waals surface area contributed by atoms with Gasteiger partial charge in [-0.3, -0.25) is 9.88 Å². The lowest BCUT2D eigenvalue weighted by Gasteiger charge is -2.30. The van der Waals surface area contributed by atoms with Crippen molar-refractivity contribution in [2.45, 2.75) is 38.4 Å². The van der Waals surface area contributed by atoms with E-state index in [0.29, 0.717) is 6.04 Å². The molecule has 1 atom stereocenters. The van der Waals surface area contributed by atoms with Crippen molar-refractivity contribution in [1.82, 2.24) is 20.2 Å². The van der Waals surface area contributed by atoms with Gasteiger partial charge in [-0.05, 0) is 62.7 Å². The van der Waals surface area contributed by atoms with Crippen LogP contribution in [0.5, 0.6) is 0 Å². The molecular formula is C20H24ClFN4S. The van der Waals surface area contributed by atoms with E-state index >= 15 is 0 Å². The number of halogens is 2. The van der Waals surface area contributed by atoms with Gasteiger partial charge in [0.15, 0.2) is 0 Å². The third kappa shape index (κ3) is 5.23. The molecule has 27 heavy (non-hydrogen) atoms. The van der Waals surface area contributed by atoms with E-state index in [0.717, 1.165) is 53.5 Å². The average molecular weight is 407 g/mol. The Hall–Kier alpha value is -1.60. The Morgan fingerprint density at radius 2 is 2.07 bits per heavy atom. The summed E-state index contributed by atoms with van der Waals surface area (Å²) in [5, 5.41) is 4.53. The second-order valence-corrected chi connectivity index (χ2v) is 7.90. The molecule has 1 unspecified atom stereocenters. The number of aromatic nitrogens is 2. The lowest BCUT2D eigenvalue weighted by atomic mass is 10.1. The molecule has 0 aliphatic carbocycles. The minimum atomic E-state index is -0.201. The number of nitrogens with one attached hydrogen (secondary N) is 1. The van der Waals surface area contributed by atoms with Gasteiger partial charge in [-0.15, -0.1) is 23.7 Å². The Morgan fingerprint density at radius 1 is 1.15 bits per heavy atom. The monoisotopic (exact) mass is 406 g/mol. The van der Waals surface area contributed by atoms with Crippen LogP contribution in [0.15, 0.2) is 42.6 Å². The SMILES string of the molecule is Cl.Fc1ccc2nc(CN(Cc3ccccn3)C3CCCNCC3)sc2c1. The van der Waals surface area contributed by atoms with E-state index in [1.807, 2.05) is 18.3 Å². The van der Waals surface area contributed by atoms with E-state index in [-0.39, 0.29) is 18.2 Å². The Labute approximate surface area is 169 Å². The number of benzene rings is 1. The fraction of sp³-hybridized carbons (Fsp3) is 0.400. The Balaban J connectivity index is 0.00000210. The summed E-state index contributed by atoms with van der Waals surface area (Å²) in [6, 6.07) is 11.4. The van der Waals surface area contributed by atoms with Crippen molar-refractivity contribution in [3.63, 3.8) is 0 Å². The lowest BCUT2D eigenvalue weighted by Crippen LogP contribution is -2.35. The standard InChI is InChI=1S/C20H23FN4S.ClH/c21-15-6-7-18-19(12-15)26-20(24-18)14-25(13-16-4-1-2-10-23-16)17-5-3-9-22-11-8-17;/h1-2,4,6-7,10,12,17,22H,3,5,8-9,11,13-14H2;1H. The molecule has 1 N–H and O–H groups in total. The molecule has 1 aliphatic rings. The number of thiazole rings is 1. The first-order valence-electron chi connectivity index (χ1n) is 9.17. The van der Waals surface area contributed by atoms with Crippen molar-refractivity contribution in [2.24, 2.45) is 0 Å². The van der Waals surface area contributed by atoms with Crippen molar-refractivity contribution < 1.29 is 4.39 Å². The lowest BCUT2D eigenvalue weighted by molar-refractivity contribution is 0.162. The molecule has 4 rings (SSSR count). The molecule has 0 radical (unpaired) electrons. The highest BCUT2D eigenvalue weighted by Gasteiger charge is 2.22. The molecule has 3 aromatic rings. The maximum atomic E-state index is 13.5. The number of rotatable bonds is 5. The van der Waals surface area contributed by atoms with Gasteiger partial charge in [0.1, 0.15) is 10.8 Å². The summed E-state index contributed by atoms with van der Waals surface area (Å²) < 4.78 is 14.4. The van der Waals surface area contributed by atoms with Crippen molar-refractivity contribution in [3.05, 3.63) is 59.1 Å². The molecule has 0 amide bonds. The van der Waals surface area contributed by atoms with Gasteiger partial charge in [-0.1, -0.05) is 6.07 Å². The van der Waals surface area contributed by atoms with Crippen LogP contribution >= 0.6 is 23.7 Å². The van der Waals surface area contributed by atoms with Crippen LogP contribution in [0, 0.1) is 5.82 Å². The Morgan fingerprint density at radius 3 is 2.93 bits per heavy atom. The van der Waals surface area contributed by atoms with Gasteiger partial charge in [0.2, 0.25) is 0 Å². The second-order valence-electron chi connectivity index (χ2n) is 6.78. The molecule has 2 aromatic heterocycles. The number of nitrogens with zero attached hydrogens (tertiary/aromatic N) is 3. The Bertz CT molecular complexity index is 850. The largest absolute Gasteiger partial charge is 0.317 e. The van der Waals surface area contributed by atoms with Gasteiger partial charge in [-0.25, -0.2) is 9.37 Å². The normalized spacial score (nSPS) is 17.6. The van der Waals surface area contributed by atoms with Crippen LogP contribution in [-0.2, 0) is 13.1 Å². The van der Waals surface area contributed by atoms with Crippen molar-refractivity contribution >= 4 is 34.0 Å². The number of hydrogen-bond donors (Lipinski definition) is 1. The molecule has 1 saturated heterocycles. The summed E-state index contributed by atoms with van der Waals surface area (Å²) in [5.41, 5.74) is 1.96. The molecular weight excluding hydrogens is 383 g/mol. The van der Waals surface area contributed by atoms with Crippen LogP contribution in [0.3, 0.4) is 0 Å². The first-order chi connectivity index (χ1) is 12.8. The first-order valence-corrected chi connectivity index (χ1v) is 9.99. The summed E-state index contributed by atoms with van der Waals surface area (Å²) in [4.78, 5) is 11.7. The van der Waals surface area contributed by atoms with Crippen LogP contribution in [0.1, 0.15) is 30.0 Å². The van der Waals surface area contributed by atoms with Gasteiger partial charge in [0.25, 0.3) is 0 Å². The molecule has 1 fully saturated rings. The fourth-order valence-electron chi connectivity index (χ4n) is 3.57. The fourth-order valence-corrected chi connectivity index (χ4v) is 4.59. The molecule has 0 spiro atoms. The van der Waals surface area contributed by atoms with Crippen LogP contribution in [0.25, 0.3) is 10.2 Å². The smallest absolute Gasteiger partial charge is 0.124 e. The minimum absolute atomic E-state index is 0. The highest BCUT2D eigenvalue weighted by Crippen LogP contribution is 2.26. The molecule has 3 heterocycles. The van der Waals surface area contributed by atoms with E-state index in [1.54, 1.807) is 23.5 Å². The van der Waals surface area contributed by atoms with Crippen molar-refractivity contribution in [1.29, 1.82) is 0 Å². The predicted octanol–water partition coefficient (Wildman–Crippen LogP) is 4.40. The summed E-state index contributed by atoms with van der Waals surface area (Å²) in [5.74, 6) is -0.201.